The first-order valence-electron chi connectivity index (χ1n) is 5.47. The topological polar surface area (TPSA) is 70.7 Å². The van der Waals surface area contributed by atoms with E-state index in [0.29, 0.717) is 12.4 Å². The van der Waals surface area contributed by atoms with Gasteiger partial charge in [0.1, 0.15) is 6.07 Å². The quantitative estimate of drug-likeness (QED) is 0.888. The van der Waals surface area contributed by atoms with Crippen molar-refractivity contribution in [2.45, 2.75) is 13.5 Å². The molecule has 1 aromatic heterocycles. The molecule has 90 valence electrons. The predicted molar refractivity (Wildman–Crippen MR) is 66.8 cm³/mol. The highest BCUT2D eigenvalue weighted by molar-refractivity contribution is 5.88. The molecule has 1 heterocycles. The molecule has 5 heteroatoms. The Kier molecular flexibility index (Phi) is 3.39. The molecule has 0 aliphatic carbocycles. The summed E-state index contributed by atoms with van der Waals surface area (Å²) in [6.07, 6.45) is 1.55. The lowest BCUT2D eigenvalue weighted by Gasteiger charge is -2.08. The Morgan fingerprint density at radius 1 is 1.44 bits per heavy atom. The molecule has 0 bridgehead atoms. The molecule has 0 spiro atoms. The van der Waals surface area contributed by atoms with Gasteiger partial charge in [-0.05, 0) is 5.56 Å². The zero-order valence-corrected chi connectivity index (χ0v) is 9.92. The number of anilines is 1. The number of carbonyl (C=O) groups is 1. The molecule has 2 aromatic rings. The number of nitrogens with zero attached hydrogens (tertiary/aromatic N) is 3. The molecule has 5 nitrogen and oxygen atoms in total. The van der Waals surface area contributed by atoms with Crippen molar-refractivity contribution < 1.29 is 4.79 Å². The Labute approximate surface area is 105 Å². The van der Waals surface area contributed by atoms with Crippen molar-refractivity contribution in [2.24, 2.45) is 0 Å². The van der Waals surface area contributed by atoms with Gasteiger partial charge in [-0.3, -0.25) is 4.79 Å². The molecule has 1 amide bonds. The Bertz CT molecular complexity index is 595. The van der Waals surface area contributed by atoms with Crippen LogP contribution in [-0.4, -0.2) is 15.5 Å². The fourth-order valence-corrected chi connectivity index (χ4v) is 1.66. The molecular weight excluding hydrogens is 228 g/mol. The number of nitrogens with one attached hydrogen (secondary N) is 1. The molecule has 2 rings (SSSR count). The van der Waals surface area contributed by atoms with E-state index in [-0.39, 0.29) is 11.6 Å². The highest BCUT2D eigenvalue weighted by Gasteiger charge is 2.11. The number of amides is 1. The van der Waals surface area contributed by atoms with Crippen LogP contribution in [0.3, 0.4) is 0 Å². The molecule has 0 unspecified atom stereocenters. The smallest absolute Gasteiger partial charge is 0.222 e. The standard InChI is InChI=1S/C13H12N4O/c1-10(18)16-13-12(7-14)15-9-17(13)8-11-5-3-2-4-6-11/h2-6,9H,8H2,1H3,(H,16,18). The molecule has 0 fully saturated rings. The molecule has 1 N–H and O–H groups in total. The largest absolute Gasteiger partial charge is 0.312 e. The van der Waals surface area contributed by atoms with Crippen molar-refractivity contribution in [2.75, 3.05) is 5.32 Å². The molecule has 0 saturated heterocycles. The van der Waals surface area contributed by atoms with Gasteiger partial charge in [0.05, 0.1) is 12.9 Å². The normalized spacial score (nSPS) is 9.78. The molecule has 18 heavy (non-hydrogen) atoms. The number of rotatable bonds is 3. The molecule has 0 aliphatic rings. The van der Waals surface area contributed by atoms with Crippen molar-refractivity contribution in [1.29, 1.82) is 5.26 Å². The lowest BCUT2D eigenvalue weighted by Crippen LogP contribution is -2.12. The Hall–Kier alpha value is -2.61. The first-order valence-corrected chi connectivity index (χ1v) is 5.47. The number of benzene rings is 1. The van der Waals surface area contributed by atoms with Gasteiger partial charge in [-0.25, -0.2) is 4.98 Å². The van der Waals surface area contributed by atoms with E-state index in [1.807, 2.05) is 36.4 Å². The Balaban J connectivity index is 2.31. The summed E-state index contributed by atoms with van der Waals surface area (Å²) in [5, 5.41) is 11.6. The van der Waals surface area contributed by atoms with Crippen molar-refractivity contribution in [3.8, 4) is 6.07 Å². The van der Waals surface area contributed by atoms with Gasteiger partial charge < -0.3 is 9.88 Å². The fourth-order valence-electron chi connectivity index (χ4n) is 1.66. The van der Waals surface area contributed by atoms with E-state index in [1.54, 1.807) is 10.9 Å². The third-order valence-corrected chi connectivity index (χ3v) is 2.43. The average Bonchev–Trinajstić information content (AvgIpc) is 2.72. The van der Waals surface area contributed by atoms with Gasteiger partial charge in [-0.1, -0.05) is 30.3 Å². The maximum absolute atomic E-state index is 11.1. The van der Waals surface area contributed by atoms with Gasteiger partial charge in [-0.15, -0.1) is 0 Å². The highest BCUT2D eigenvalue weighted by atomic mass is 16.1. The van der Waals surface area contributed by atoms with E-state index in [9.17, 15) is 4.79 Å². The van der Waals surface area contributed by atoms with E-state index >= 15 is 0 Å². The third kappa shape index (κ3) is 2.55. The number of hydrogen-bond donors (Lipinski definition) is 1. The number of carbonyl (C=O) groups excluding carboxylic acids is 1. The summed E-state index contributed by atoms with van der Waals surface area (Å²) in [5.74, 6) is 0.218. The van der Waals surface area contributed by atoms with Crippen molar-refractivity contribution in [3.05, 3.63) is 47.9 Å². The number of nitriles is 1. The second-order valence-electron chi connectivity index (χ2n) is 3.85. The lowest BCUT2D eigenvalue weighted by molar-refractivity contribution is -0.114. The van der Waals surface area contributed by atoms with Gasteiger partial charge in [0.25, 0.3) is 0 Å². The minimum Gasteiger partial charge on any atom is -0.312 e. The monoisotopic (exact) mass is 240 g/mol. The fraction of sp³-hybridized carbons (Fsp3) is 0.154. The van der Waals surface area contributed by atoms with Gasteiger partial charge in [0.15, 0.2) is 11.5 Å². The van der Waals surface area contributed by atoms with Gasteiger partial charge in [0.2, 0.25) is 5.91 Å². The SMILES string of the molecule is CC(=O)Nc1c(C#N)ncn1Cc1ccccc1. The van der Waals surface area contributed by atoms with Crippen LogP contribution >= 0.6 is 0 Å². The molecular formula is C13H12N4O. The van der Waals surface area contributed by atoms with Crippen LogP contribution in [0.2, 0.25) is 0 Å². The summed E-state index contributed by atoms with van der Waals surface area (Å²) in [6, 6.07) is 11.7. The number of hydrogen-bond acceptors (Lipinski definition) is 3. The summed E-state index contributed by atoms with van der Waals surface area (Å²) in [5.41, 5.74) is 1.30. The van der Waals surface area contributed by atoms with E-state index in [4.69, 9.17) is 5.26 Å². The van der Waals surface area contributed by atoms with Crippen LogP contribution in [0, 0.1) is 11.3 Å². The predicted octanol–water partition coefficient (Wildman–Crippen LogP) is 1.76. The van der Waals surface area contributed by atoms with Gasteiger partial charge in [0, 0.05) is 6.92 Å². The second-order valence-corrected chi connectivity index (χ2v) is 3.85. The number of imidazole rings is 1. The van der Waals surface area contributed by atoms with Crippen LogP contribution in [0.15, 0.2) is 36.7 Å². The van der Waals surface area contributed by atoms with Crippen LogP contribution in [-0.2, 0) is 11.3 Å². The minimum absolute atomic E-state index is 0.221. The lowest BCUT2D eigenvalue weighted by atomic mass is 10.2. The third-order valence-electron chi connectivity index (χ3n) is 2.43. The van der Waals surface area contributed by atoms with Crippen LogP contribution in [0.5, 0.6) is 0 Å². The zero-order valence-electron chi connectivity index (χ0n) is 9.92. The summed E-state index contributed by atoms with van der Waals surface area (Å²) >= 11 is 0. The van der Waals surface area contributed by atoms with Crippen molar-refractivity contribution in [1.82, 2.24) is 9.55 Å². The Morgan fingerprint density at radius 2 is 2.17 bits per heavy atom. The minimum atomic E-state index is -0.221. The second kappa shape index (κ2) is 5.15. The number of aromatic nitrogens is 2. The van der Waals surface area contributed by atoms with E-state index in [2.05, 4.69) is 10.3 Å². The van der Waals surface area contributed by atoms with E-state index in [0.717, 1.165) is 5.56 Å². The first-order chi connectivity index (χ1) is 8.70. The molecule has 0 saturated carbocycles. The van der Waals surface area contributed by atoms with Crippen LogP contribution in [0.1, 0.15) is 18.2 Å². The highest BCUT2D eigenvalue weighted by Crippen LogP contribution is 2.15. The Morgan fingerprint density at radius 3 is 2.78 bits per heavy atom. The summed E-state index contributed by atoms with van der Waals surface area (Å²) in [7, 11) is 0. The average molecular weight is 240 g/mol. The maximum Gasteiger partial charge on any atom is 0.222 e. The summed E-state index contributed by atoms with van der Waals surface area (Å²) in [4.78, 5) is 15.1. The zero-order chi connectivity index (χ0) is 13.0. The molecule has 0 radical (unpaired) electrons. The maximum atomic E-state index is 11.1. The summed E-state index contributed by atoms with van der Waals surface area (Å²) < 4.78 is 1.75. The van der Waals surface area contributed by atoms with Gasteiger partial charge in [-0.2, -0.15) is 5.26 Å². The molecule has 0 aliphatic heterocycles. The molecule has 1 aromatic carbocycles. The van der Waals surface area contributed by atoms with E-state index < -0.39 is 0 Å². The first kappa shape index (κ1) is 11.9. The van der Waals surface area contributed by atoms with Crippen molar-refractivity contribution >= 4 is 11.7 Å². The van der Waals surface area contributed by atoms with Crippen LogP contribution in [0.4, 0.5) is 5.82 Å². The van der Waals surface area contributed by atoms with Crippen molar-refractivity contribution in [3.63, 3.8) is 0 Å². The van der Waals surface area contributed by atoms with Crippen LogP contribution in [0.25, 0.3) is 0 Å². The summed E-state index contributed by atoms with van der Waals surface area (Å²) in [6.45, 7) is 1.96. The van der Waals surface area contributed by atoms with Crippen LogP contribution < -0.4 is 5.32 Å². The molecule has 0 atom stereocenters. The van der Waals surface area contributed by atoms with E-state index in [1.165, 1.54) is 6.92 Å². The van der Waals surface area contributed by atoms with Gasteiger partial charge >= 0.3 is 0 Å².